The Bertz CT molecular complexity index is 1190. The first-order chi connectivity index (χ1) is 16.0. The van der Waals surface area contributed by atoms with Crippen LogP contribution in [0, 0.1) is 11.6 Å². The van der Waals surface area contributed by atoms with Gasteiger partial charge in [0.2, 0.25) is 0 Å². The van der Waals surface area contributed by atoms with Crippen molar-refractivity contribution < 1.29 is 26.7 Å². The fourth-order valence-corrected chi connectivity index (χ4v) is 4.57. The van der Waals surface area contributed by atoms with E-state index >= 15 is 0 Å². The highest BCUT2D eigenvalue weighted by atomic mass is 32.1. The van der Waals surface area contributed by atoms with Crippen molar-refractivity contribution in [3.05, 3.63) is 41.7 Å². The van der Waals surface area contributed by atoms with E-state index in [0.29, 0.717) is 19.6 Å². The molecule has 1 aliphatic heterocycles. The van der Waals surface area contributed by atoms with Crippen molar-refractivity contribution in [3.8, 4) is 10.6 Å². The van der Waals surface area contributed by atoms with E-state index < -0.39 is 35.8 Å². The van der Waals surface area contributed by atoms with Crippen LogP contribution in [0.2, 0.25) is 0 Å². The van der Waals surface area contributed by atoms with Crippen LogP contribution < -0.4 is 21.3 Å². The summed E-state index contributed by atoms with van der Waals surface area (Å²) >= 11 is 0.718. The smallest absolute Gasteiger partial charge is 0.389 e. The molecule has 0 aliphatic carbocycles. The quantitative estimate of drug-likeness (QED) is 0.463. The van der Waals surface area contributed by atoms with Crippen LogP contribution in [0.4, 0.5) is 38.5 Å². The zero-order valence-electron chi connectivity index (χ0n) is 17.8. The standard InChI is InChI=1S/C20H20F5N7OS/c1-10-8-31(6-5-27-10)19-13(7-28-32(19)9-20(23,24)25)29-17(33)15-16(26)34-18(30-15)14-11(21)3-2-4-12(14)22/h2-4,7,10,27H,5-6,8-9,26H2,1H3,(H,29,33). The van der Waals surface area contributed by atoms with Gasteiger partial charge in [-0.2, -0.15) is 18.3 Å². The molecule has 1 aliphatic rings. The molecule has 1 amide bonds. The van der Waals surface area contributed by atoms with Crippen molar-refractivity contribution in [2.24, 2.45) is 0 Å². The summed E-state index contributed by atoms with van der Waals surface area (Å²) in [7, 11) is 0. The molecule has 1 saturated heterocycles. The topological polar surface area (TPSA) is 101 Å². The number of aromatic nitrogens is 3. The maximum absolute atomic E-state index is 14.1. The molecule has 0 radical (unpaired) electrons. The average molecular weight is 501 g/mol. The van der Waals surface area contributed by atoms with Gasteiger partial charge in [-0.15, -0.1) is 0 Å². The number of amides is 1. The minimum absolute atomic E-state index is 0.000975. The van der Waals surface area contributed by atoms with Gasteiger partial charge >= 0.3 is 6.18 Å². The SMILES string of the molecule is CC1CN(c2c(NC(=O)c3nc(-c4c(F)cccc4F)sc3N)cnn2CC(F)(F)F)CCN1. The Labute approximate surface area is 194 Å². The molecule has 8 nitrogen and oxygen atoms in total. The van der Waals surface area contributed by atoms with Gasteiger partial charge in [0.15, 0.2) is 11.5 Å². The summed E-state index contributed by atoms with van der Waals surface area (Å²) < 4.78 is 68.4. The summed E-state index contributed by atoms with van der Waals surface area (Å²) in [6, 6.07) is 3.28. The Balaban J connectivity index is 1.65. The number of alkyl halides is 3. The number of carbonyl (C=O) groups excluding carboxylic acids is 1. The lowest BCUT2D eigenvalue weighted by molar-refractivity contribution is -0.142. The second-order valence-electron chi connectivity index (χ2n) is 7.74. The molecule has 1 unspecified atom stereocenters. The predicted octanol–water partition coefficient (Wildman–Crippen LogP) is 3.48. The van der Waals surface area contributed by atoms with Crippen LogP contribution in [-0.4, -0.2) is 52.5 Å². The molecule has 1 atom stereocenters. The van der Waals surface area contributed by atoms with E-state index in [9.17, 15) is 26.7 Å². The van der Waals surface area contributed by atoms with Crippen molar-refractivity contribution in [1.29, 1.82) is 0 Å². The minimum atomic E-state index is -4.53. The maximum atomic E-state index is 14.1. The van der Waals surface area contributed by atoms with Gasteiger partial charge < -0.3 is 21.3 Å². The number of piperazine rings is 1. The number of nitrogen functional groups attached to an aromatic ring is 1. The summed E-state index contributed by atoms with van der Waals surface area (Å²) in [5.74, 6) is -2.49. The highest BCUT2D eigenvalue weighted by molar-refractivity contribution is 7.19. The molecule has 3 heterocycles. The molecule has 1 fully saturated rings. The number of thiazole rings is 1. The maximum Gasteiger partial charge on any atom is 0.408 e. The van der Waals surface area contributed by atoms with E-state index in [0.717, 1.165) is 34.3 Å². The first kappa shape index (κ1) is 23.9. The molecule has 2 aromatic heterocycles. The third-order valence-corrected chi connectivity index (χ3v) is 6.00. The summed E-state index contributed by atoms with van der Waals surface area (Å²) in [5, 5.41) is 9.28. The third-order valence-electron chi connectivity index (χ3n) is 5.10. The Morgan fingerprint density at radius 1 is 1.32 bits per heavy atom. The lowest BCUT2D eigenvalue weighted by Gasteiger charge is -2.34. The van der Waals surface area contributed by atoms with Crippen LogP contribution in [-0.2, 0) is 6.54 Å². The van der Waals surface area contributed by atoms with Crippen LogP contribution in [0.5, 0.6) is 0 Å². The number of nitrogens with two attached hydrogens (primary N) is 1. The van der Waals surface area contributed by atoms with Gasteiger partial charge in [-0.1, -0.05) is 17.4 Å². The van der Waals surface area contributed by atoms with E-state index in [-0.39, 0.29) is 33.2 Å². The van der Waals surface area contributed by atoms with Gasteiger partial charge in [0.1, 0.15) is 33.9 Å². The lowest BCUT2D eigenvalue weighted by atomic mass is 10.2. The number of nitrogens with zero attached hydrogens (tertiary/aromatic N) is 4. The van der Waals surface area contributed by atoms with E-state index in [1.807, 2.05) is 6.92 Å². The zero-order chi connectivity index (χ0) is 24.6. The first-order valence-corrected chi connectivity index (χ1v) is 11.0. The summed E-state index contributed by atoms with van der Waals surface area (Å²) in [4.78, 5) is 18.6. The Kier molecular flexibility index (Phi) is 6.45. The van der Waals surface area contributed by atoms with Gasteiger partial charge in [-0.3, -0.25) is 4.79 Å². The molecule has 182 valence electrons. The van der Waals surface area contributed by atoms with Crippen LogP contribution in [0.3, 0.4) is 0 Å². The van der Waals surface area contributed by atoms with Crippen molar-refractivity contribution in [1.82, 2.24) is 20.1 Å². The summed E-state index contributed by atoms with van der Waals surface area (Å²) in [6.07, 6.45) is -3.41. The van der Waals surface area contributed by atoms with E-state index in [4.69, 9.17) is 5.73 Å². The molecule has 14 heteroatoms. The molecule has 0 saturated carbocycles. The molecule has 34 heavy (non-hydrogen) atoms. The fourth-order valence-electron chi connectivity index (χ4n) is 3.70. The van der Waals surface area contributed by atoms with Crippen molar-refractivity contribution >= 4 is 33.8 Å². The Morgan fingerprint density at radius 2 is 2.03 bits per heavy atom. The molecule has 0 bridgehead atoms. The van der Waals surface area contributed by atoms with Crippen molar-refractivity contribution in [3.63, 3.8) is 0 Å². The highest BCUT2D eigenvalue weighted by Crippen LogP contribution is 2.35. The van der Waals surface area contributed by atoms with Crippen molar-refractivity contribution in [2.75, 3.05) is 35.6 Å². The number of rotatable bonds is 5. The molecule has 4 rings (SSSR count). The lowest BCUT2D eigenvalue weighted by Crippen LogP contribution is -2.50. The summed E-state index contributed by atoms with van der Waals surface area (Å²) in [6.45, 7) is 1.86. The molecule has 0 spiro atoms. The zero-order valence-corrected chi connectivity index (χ0v) is 18.6. The van der Waals surface area contributed by atoms with Gasteiger partial charge in [-0.05, 0) is 19.1 Å². The normalized spacial score (nSPS) is 16.6. The van der Waals surface area contributed by atoms with Crippen molar-refractivity contribution in [2.45, 2.75) is 25.7 Å². The number of carbonyl (C=O) groups is 1. The monoisotopic (exact) mass is 501 g/mol. The second kappa shape index (κ2) is 9.18. The van der Waals surface area contributed by atoms with Gasteiger partial charge in [0.25, 0.3) is 5.91 Å². The number of hydrogen-bond acceptors (Lipinski definition) is 7. The number of nitrogens with one attached hydrogen (secondary N) is 2. The van der Waals surface area contributed by atoms with Gasteiger partial charge in [0, 0.05) is 25.7 Å². The molecule has 3 aromatic rings. The number of benzene rings is 1. The van der Waals surface area contributed by atoms with Crippen LogP contribution in [0.1, 0.15) is 17.4 Å². The average Bonchev–Trinajstić information content (AvgIpc) is 3.30. The number of anilines is 3. The fraction of sp³-hybridized carbons (Fsp3) is 0.350. The Morgan fingerprint density at radius 3 is 2.68 bits per heavy atom. The number of hydrogen-bond donors (Lipinski definition) is 3. The van der Waals surface area contributed by atoms with Gasteiger partial charge in [-0.25, -0.2) is 18.4 Å². The third kappa shape index (κ3) is 4.97. The molecular weight excluding hydrogens is 481 g/mol. The molecule has 4 N–H and O–H groups in total. The molecule has 1 aromatic carbocycles. The minimum Gasteiger partial charge on any atom is -0.389 e. The highest BCUT2D eigenvalue weighted by Gasteiger charge is 2.33. The van der Waals surface area contributed by atoms with E-state index in [1.54, 1.807) is 4.90 Å². The van der Waals surface area contributed by atoms with E-state index in [2.05, 4.69) is 20.7 Å². The number of halogens is 5. The van der Waals surface area contributed by atoms with E-state index in [1.165, 1.54) is 6.07 Å². The molecular formula is C20H20F5N7OS. The van der Waals surface area contributed by atoms with Crippen LogP contribution >= 0.6 is 11.3 Å². The summed E-state index contributed by atoms with van der Waals surface area (Å²) in [5.41, 5.74) is 5.19. The van der Waals surface area contributed by atoms with Gasteiger partial charge in [0.05, 0.1) is 11.8 Å². The van der Waals surface area contributed by atoms with Crippen LogP contribution in [0.25, 0.3) is 10.6 Å². The second-order valence-corrected chi connectivity index (χ2v) is 8.77. The Hall–Kier alpha value is -3.26. The predicted molar refractivity (Wildman–Crippen MR) is 118 cm³/mol. The van der Waals surface area contributed by atoms with Crippen LogP contribution in [0.15, 0.2) is 24.4 Å². The largest absolute Gasteiger partial charge is 0.408 e. The first-order valence-electron chi connectivity index (χ1n) is 10.2.